The van der Waals surface area contributed by atoms with Gasteiger partial charge in [-0.2, -0.15) is 0 Å². The molecule has 6 atom stereocenters. The molecule has 0 aromatic carbocycles. The molecule has 122 valence electrons. The summed E-state index contributed by atoms with van der Waals surface area (Å²) in [4.78, 5) is 11.6. The van der Waals surface area contributed by atoms with Gasteiger partial charge in [0.15, 0.2) is 6.29 Å². The Hall–Kier alpha value is -0.610. The van der Waals surface area contributed by atoms with Crippen LogP contribution in [-0.2, 0) is 19.0 Å². The molecule has 2 fully saturated rings. The standard InChI is InChI=1S/C17H30O4/c1-5-19-17(18)15-10-14(15)8-7-12(3)20-16-9-6-11(2)13(4)21-16/h11-16H,5-10H2,1-4H3/t11-,12-,13+,14?,15?,16-/m1/s1. The molecule has 0 amide bonds. The Morgan fingerprint density at radius 1 is 1.33 bits per heavy atom. The van der Waals surface area contributed by atoms with Crippen LogP contribution in [0.15, 0.2) is 0 Å². The molecule has 0 bridgehead atoms. The highest BCUT2D eigenvalue weighted by Gasteiger charge is 2.43. The summed E-state index contributed by atoms with van der Waals surface area (Å²) in [7, 11) is 0. The van der Waals surface area contributed by atoms with Crippen LogP contribution in [0.3, 0.4) is 0 Å². The fraction of sp³-hybridized carbons (Fsp3) is 0.941. The summed E-state index contributed by atoms with van der Waals surface area (Å²) in [5.74, 6) is 1.25. The second-order valence-corrected chi connectivity index (χ2v) is 6.70. The molecule has 0 radical (unpaired) electrons. The highest BCUT2D eigenvalue weighted by atomic mass is 16.7. The minimum Gasteiger partial charge on any atom is -0.466 e. The molecule has 21 heavy (non-hydrogen) atoms. The first kappa shape index (κ1) is 16.8. The van der Waals surface area contributed by atoms with Gasteiger partial charge in [0.25, 0.3) is 0 Å². The molecule has 0 spiro atoms. The molecule has 0 N–H and O–H groups in total. The number of rotatable bonds is 7. The van der Waals surface area contributed by atoms with E-state index >= 15 is 0 Å². The van der Waals surface area contributed by atoms with Gasteiger partial charge >= 0.3 is 5.97 Å². The summed E-state index contributed by atoms with van der Waals surface area (Å²) >= 11 is 0. The van der Waals surface area contributed by atoms with E-state index in [4.69, 9.17) is 14.2 Å². The second kappa shape index (κ2) is 7.59. The lowest BCUT2D eigenvalue weighted by Gasteiger charge is -2.34. The number of hydrogen-bond donors (Lipinski definition) is 0. The molecule has 1 heterocycles. The zero-order chi connectivity index (χ0) is 15.4. The largest absolute Gasteiger partial charge is 0.466 e. The highest BCUT2D eigenvalue weighted by Crippen LogP contribution is 2.43. The Labute approximate surface area is 128 Å². The Bertz CT molecular complexity index is 344. The maximum Gasteiger partial charge on any atom is 0.309 e. The van der Waals surface area contributed by atoms with Gasteiger partial charge in [-0.25, -0.2) is 0 Å². The van der Waals surface area contributed by atoms with Gasteiger partial charge in [-0.15, -0.1) is 0 Å². The number of hydrogen-bond acceptors (Lipinski definition) is 4. The number of esters is 1. The number of carbonyl (C=O) groups excluding carboxylic acids is 1. The molecule has 1 aliphatic carbocycles. The second-order valence-electron chi connectivity index (χ2n) is 6.70. The first-order valence-corrected chi connectivity index (χ1v) is 8.48. The van der Waals surface area contributed by atoms with E-state index in [0.29, 0.717) is 18.4 Å². The first-order chi connectivity index (χ1) is 10.0. The Morgan fingerprint density at radius 2 is 2.10 bits per heavy atom. The zero-order valence-electron chi connectivity index (χ0n) is 13.8. The third-order valence-corrected chi connectivity index (χ3v) is 4.87. The maximum atomic E-state index is 11.6. The van der Waals surface area contributed by atoms with Gasteiger partial charge in [0.2, 0.25) is 0 Å². The van der Waals surface area contributed by atoms with E-state index in [1.54, 1.807) is 0 Å². The lowest BCUT2D eigenvalue weighted by Crippen LogP contribution is -2.35. The van der Waals surface area contributed by atoms with Crippen LogP contribution >= 0.6 is 0 Å². The van der Waals surface area contributed by atoms with Crippen molar-refractivity contribution in [2.75, 3.05) is 6.61 Å². The summed E-state index contributed by atoms with van der Waals surface area (Å²) in [5.41, 5.74) is 0. The molecular weight excluding hydrogens is 268 g/mol. The number of carbonyl (C=O) groups is 1. The zero-order valence-corrected chi connectivity index (χ0v) is 13.8. The van der Waals surface area contributed by atoms with Crippen molar-refractivity contribution in [2.45, 2.75) is 78.3 Å². The first-order valence-electron chi connectivity index (χ1n) is 8.48. The number of ether oxygens (including phenoxy) is 3. The molecule has 1 aliphatic heterocycles. The van der Waals surface area contributed by atoms with Gasteiger partial charge in [-0.3, -0.25) is 4.79 Å². The van der Waals surface area contributed by atoms with E-state index in [1.807, 2.05) is 6.92 Å². The van der Waals surface area contributed by atoms with Crippen molar-refractivity contribution >= 4 is 5.97 Å². The van der Waals surface area contributed by atoms with Crippen molar-refractivity contribution in [3.8, 4) is 0 Å². The van der Waals surface area contributed by atoms with Gasteiger partial charge in [0.1, 0.15) is 0 Å². The van der Waals surface area contributed by atoms with Gasteiger partial charge in [-0.1, -0.05) is 6.92 Å². The van der Waals surface area contributed by atoms with E-state index in [2.05, 4.69) is 20.8 Å². The molecule has 0 aromatic rings. The molecule has 0 aromatic heterocycles. The molecule has 2 unspecified atom stereocenters. The van der Waals surface area contributed by atoms with Crippen molar-refractivity contribution in [3.63, 3.8) is 0 Å². The van der Waals surface area contributed by atoms with Crippen LogP contribution in [0.1, 0.15) is 59.8 Å². The van der Waals surface area contributed by atoms with E-state index in [0.717, 1.165) is 25.7 Å². The Morgan fingerprint density at radius 3 is 2.76 bits per heavy atom. The summed E-state index contributed by atoms with van der Waals surface area (Å²) in [6.07, 6.45) is 5.61. The molecule has 4 heteroatoms. The molecule has 2 rings (SSSR count). The smallest absolute Gasteiger partial charge is 0.309 e. The van der Waals surface area contributed by atoms with E-state index in [-0.39, 0.29) is 30.4 Å². The van der Waals surface area contributed by atoms with E-state index < -0.39 is 0 Å². The summed E-state index contributed by atoms with van der Waals surface area (Å²) < 4.78 is 16.9. The summed E-state index contributed by atoms with van der Waals surface area (Å²) in [6, 6.07) is 0. The predicted molar refractivity (Wildman–Crippen MR) is 80.7 cm³/mol. The van der Waals surface area contributed by atoms with Gasteiger partial charge < -0.3 is 14.2 Å². The summed E-state index contributed by atoms with van der Waals surface area (Å²) in [6.45, 7) is 8.80. The van der Waals surface area contributed by atoms with Crippen LogP contribution in [0, 0.1) is 17.8 Å². The quantitative estimate of drug-likeness (QED) is 0.674. The Balaban J connectivity index is 1.60. The van der Waals surface area contributed by atoms with E-state index in [1.165, 1.54) is 6.42 Å². The predicted octanol–water partition coefficient (Wildman–Crippen LogP) is 3.53. The normalized spacial score (nSPS) is 37.0. The molecule has 4 nitrogen and oxygen atoms in total. The van der Waals surface area contributed by atoms with Crippen LogP contribution in [0.2, 0.25) is 0 Å². The monoisotopic (exact) mass is 298 g/mol. The van der Waals surface area contributed by atoms with Crippen molar-refractivity contribution in [1.82, 2.24) is 0 Å². The van der Waals surface area contributed by atoms with Crippen LogP contribution < -0.4 is 0 Å². The fourth-order valence-corrected chi connectivity index (χ4v) is 3.06. The Kier molecular flexibility index (Phi) is 6.06. The summed E-state index contributed by atoms with van der Waals surface area (Å²) in [5, 5.41) is 0. The van der Waals surface area contributed by atoms with Crippen LogP contribution in [0.25, 0.3) is 0 Å². The average Bonchev–Trinajstić information content (AvgIpc) is 3.21. The third kappa shape index (κ3) is 4.96. The van der Waals surface area contributed by atoms with Crippen molar-refractivity contribution < 1.29 is 19.0 Å². The minimum atomic E-state index is -0.0498. The fourth-order valence-electron chi connectivity index (χ4n) is 3.06. The van der Waals surface area contributed by atoms with Crippen molar-refractivity contribution in [3.05, 3.63) is 0 Å². The lowest BCUT2D eigenvalue weighted by atomic mass is 9.97. The molecular formula is C17H30O4. The molecule has 1 saturated carbocycles. The maximum absolute atomic E-state index is 11.6. The average molecular weight is 298 g/mol. The third-order valence-electron chi connectivity index (χ3n) is 4.87. The van der Waals surface area contributed by atoms with E-state index in [9.17, 15) is 4.79 Å². The van der Waals surface area contributed by atoms with Crippen LogP contribution in [0.5, 0.6) is 0 Å². The molecule has 1 saturated heterocycles. The van der Waals surface area contributed by atoms with Crippen molar-refractivity contribution in [2.24, 2.45) is 17.8 Å². The SMILES string of the molecule is CCOC(=O)C1CC1CC[C@@H](C)O[C@H]1CC[C@@H](C)[C@H](C)O1. The lowest BCUT2D eigenvalue weighted by molar-refractivity contribution is -0.220. The molecule has 2 aliphatic rings. The van der Waals surface area contributed by atoms with Crippen molar-refractivity contribution in [1.29, 1.82) is 0 Å². The van der Waals surface area contributed by atoms with Gasteiger partial charge in [0, 0.05) is 0 Å². The van der Waals surface area contributed by atoms with Crippen LogP contribution in [0.4, 0.5) is 0 Å². The minimum absolute atomic E-state index is 0.0190. The topological polar surface area (TPSA) is 44.8 Å². The van der Waals surface area contributed by atoms with Gasteiger partial charge in [-0.05, 0) is 64.7 Å². The van der Waals surface area contributed by atoms with Crippen LogP contribution in [-0.4, -0.2) is 31.1 Å². The van der Waals surface area contributed by atoms with Gasteiger partial charge in [0.05, 0.1) is 24.7 Å². The highest BCUT2D eigenvalue weighted by molar-refractivity contribution is 5.75.